The smallest absolute Gasteiger partial charge is 0.254 e. The van der Waals surface area contributed by atoms with Crippen molar-refractivity contribution in [3.8, 4) is 11.5 Å². The normalized spacial score (nSPS) is 10.3. The maximum Gasteiger partial charge on any atom is 0.254 e. The van der Waals surface area contributed by atoms with Crippen LogP contribution in [0, 0.1) is 11.6 Å². The Morgan fingerprint density at radius 2 is 1.74 bits per heavy atom. The van der Waals surface area contributed by atoms with E-state index in [1.54, 1.807) is 25.2 Å². The van der Waals surface area contributed by atoms with Crippen molar-refractivity contribution in [2.24, 2.45) is 0 Å². The number of rotatable bonds is 5. The Morgan fingerprint density at radius 1 is 1.04 bits per heavy atom. The van der Waals surface area contributed by atoms with Crippen LogP contribution in [-0.4, -0.2) is 32.1 Å². The second-order valence-electron chi connectivity index (χ2n) is 4.97. The van der Waals surface area contributed by atoms with Crippen LogP contribution in [0.15, 0.2) is 36.4 Å². The molecule has 0 aromatic heterocycles. The largest absolute Gasteiger partial charge is 0.493 e. The molecule has 1 amide bonds. The van der Waals surface area contributed by atoms with Gasteiger partial charge in [-0.2, -0.15) is 0 Å². The van der Waals surface area contributed by atoms with Gasteiger partial charge in [-0.3, -0.25) is 4.79 Å². The van der Waals surface area contributed by atoms with Crippen molar-refractivity contribution in [3.05, 3.63) is 59.2 Å². The van der Waals surface area contributed by atoms with E-state index in [9.17, 15) is 13.6 Å². The van der Waals surface area contributed by atoms with Gasteiger partial charge in [0.25, 0.3) is 5.91 Å². The van der Waals surface area contributed by atoms with Crippen LogP contribution >= 0.6 is 0 Å². The van der Waals surface area contributed by atoms with Crippen molar-refractivity contribution in [3.63, 3.8) is 0 Å². The second-order valence-corrected chi connectivity index (χ2v) is 4.97. The average molecular weight is 321 g/mol. The van der Waals surface area contributed by atoms with Gasteiger partial charge >= 0.3 is 0 Å². The molecule has 0 aliphatic heterocycles. The first-order valence-electron chi connectivity index (χ1n) is 6.87. The molecule has 0 radical (unpaired) electrons. The number of methoxy groups -OCH3 is 2. The summed E-state index contributed by atoms with van der Waals surface area (Å²) in [4.78, 5) is 13.8. The van der Waals surface area contributed by atoms with Crippen LogP contribution in [0.25, 0.3) is 0 Å². The summed E-state index contributed by atoms with van der Waals surface area (Å²) in [7, 11) is 4.52. The highest BCUT2D eigenvalue weighted by atomic mass is 19.1. The third-order valence-corrected chi connectivity index (χ3v) is 3.40. The number of carbonyl (C=O) groups excluding carboxylic acids is 1. The number of carbonyl (C=O) groups is 1. The van der Waals surface area contributed by atoms with Crippen LogP contribution in [0.5, 0.6) is 11.5 Å². The average Bonchev–Trinajstić information content (AvgIpc) is 2.55. The molecule has 23 heavy (non-hydrogen) atoms. The van der Waals surface area contributed by atoms with E-state index in [0.717, 1.165) is 12.1 Å². The monoisotopic (exact) mass is 321 g/mol. The zero-order valence-electron chi connectivity index (χ0n) is 13.1. The lowest BCUT2D eigenvalue weighted by Gasteiger charge is -2.18. The molecule has 0 bridgehead atoms. The maximum absolute atomic E-state index is 13.7. The summed E-state index contributed by atoms with van der Waals surface area (Å²) in [5.74, 6) is -0.706. The fourth-order valence-electron chi connectivity index (χ4n) is 2.17. The van der Waals surface area contributed by atoms with Gasteiger partial charge in [0, 0.05) is 30.8 Å². The Hall–Kier alpha value is -2.63. The summed E-state index contributed by atoms with van der Waals surface area (Å²) in [6.07, 6.45) is 0. The Morgan fingerprint density at radius 3 is 2.35 bits per heavy atom. The number of benzene rings is 2. The van der Waals surface area contributed by atoms with Crippen molar-refractivity contribution in [2.45, 2.75) is 6.54 Å². The fourth-order valence-corrected chi connectivity index (χ4v) is 2.17. The number of nitrogens with zero attached hydrogens (tertiary/aromatic N) is 1. The van der Waals surface area contributed by atoms with Gasteiger partial charge in [-0.25, -0.2) is 8.78 Å². The highest BCUT2D eigenvalue weighted by molar-refractivity contribution is 5.94. The Kier molecular flexibility index (Phi) is 5.16. The lowest BCUT2D eigenvalue weighted by Crippen LogP contribution is -2.26. The predicted octanol–water partition coefficient (Wildman–Crippen LogP) is 3.25. The summed E-state index contributed by atoms with van der Waals surface area (Å²) in [5, 5.41) is 0. The molecule has 0 heterocycles. The lowest BCUT2D eigenvalue weighted by atomic mass is 10.1. The van der Waals surface area contributed by atoms with Gasteiger partial charge < -0.3 is 14.4 Å². The molecule has 0 atom stereocenters. The first kappa shape index (κ1) is 16.7. The standard InChI is InChI=1S/C17H17F2NO3/c1-20(10-12-4-6-13(18)9-14(12)19)17(21)11-5-7-15(22-2)16(8-11)23-3/h4-9H,10H2,1-3H3. The number of hydrogen-bond acceptors (Lipinski definition) is 3. The van der Waals surface area contributed by atoms with Crippen molar-refractivity contribution in [1.29, 1.82) is 0 Å². The number of hydrogen-bond donors (Lipinski definition) is 0. The van der Waals surface area contributed by atoms with Crippen LogP contribution in [0.3, 0.4) is 0 Å². The minimum absolute atomic E-state index is 0.0271. The zero-order valence-corrected chi connectivity index (χ0v) is 13.1. The van der Waals surface area contributed by atoms with Crippen LogP contribution in [-0.2, 0) is 6.54 Å². The van der Waals surface area contributed by atoms with Gasteiger partial charge in [-0.05, 0) is 24.3 Å². The van der Waals surface area contributed by atoms with Crippen LogP contribution in [0.4, 0.5) is 8.78 Å². The quantitative estimate of drug-likeness (QED) is 0.848. The zero-order chi connectivity index (χ0) is 17.0. The van der Waals surface area contributed by atoms with Crippen molar-refractivity contribution < 1.29 is 23.0 Å². The fraction of sp³-hybridized carbons (Fsp3) is 0.235. The molecule has 2 aromatic carbocycles. The highest BCUT2D eigenvalue weighted by Gasteiger charge is 2.16. The first-order chi connectivity index (χ1) is 11.0. The van der Waals surface area contributed by atoms with E-state index < -0.39 is 11.6 Å². The van der Waals surface area contributed by atoms with E-state index in [4.69, 9.17) is 9.47 Å². The van der Waals surface area contributed by atoms with E-state index in [1.807, 2.05) is 0 Å². The molecule has 0 spiro atoms. The van der Waals surface area contributed by atoms with Gasteiger partial charge in [-0.15, -0.1) is 0 Å². The summed E-state index contributed by atoms with van der Waals surface area (Å²) >= 11 is 0. The summed E-state index contributed by atoms with van der Waals surface area (Å²) in [6.45, 7) is 0.0271. The minimum atomic E-state index is -0.683. The van der Waals surface area contributed by atoms with E-state index in [-0.39, 0.29) is 18.0 Å². The van der Waals surface area contributed by atoms with Crippen molar-refractivity contribution in [1.82, 2.24) is 4.90 Å². The molecule has 0 saturated carbocycles. The van der Waals surface area contributed by atoms with E-state index >= 15 is 0 Å². The molecule has 0 aliphatic carbocycles. The second kappa shape index (κ2) is 7.09. The van der Waals surface area contributed by atoms with Gasteiger partial charge in [0.2, 0.25) is 0 Å². The third kappa shape index (κ3) is 3.77. The molecule has 0 aliphatic rings. The topological polar surface area (TPSA) is 38.8 Å². The number of halogens is 2. The molecular weight excluding hydrogens is 304 g/mol. The maximum atomic E-state index is 13.7. The number of ether oxygens (including phenoxy) is 2. The van der Waals surface area contributed by atoms with Gasteiger partial charge in [-0.1, -0.05) is 6.07 Å². The van der Waals surface area contributed by atoms with Gasteiger partial charge in [0.15, 0.2) is 11.5 Å². The SMILES string of the molecule is COc1ccc(C(=O)N(C)Cc2ccc(F)cc2F)cc1OC. The van der Waals surface area contributed by atoms with E-state index in [2.05, 4.69) is 0 Å². The Balaban J connectivity index is 2.19. The molecular formula is C17H17F2NO3. The molecule has 2 aromatic rings. The molecule has 0 saturated heterocycles. The minimum Gasteiger partial charge on any atom is -0.493 e. The molecule has 0 fully saturated rings. The molecule has 2 rings (SSSR count). The summed E-state index contributed by atoms with van der Waals surface area (Å²) in [6, 6.07) is 8.05. The molecule has 6 heteroatoms. The van der Waals surface area contributed by atoms with Gasteiger partial charge in [0.05, 0.1) is 14.2 Å². The van der Waals surface area contributed by atoms with Crippen LogP contribution < -0.4 is 9.47 Å². The summed E-state index contributed by atoms with van der Waals surface area (Å²) < 4.78 is 36.9. The van der Waals surface area contributed by atoms with Crippen LogP contribution in [0.1, 0.15) is 15.9 Å². The summed E-state index contributed by atoms with van der Waals surface area (Å²) in [5.41, 5.74) is 0.621. The van der Waals surface area contributed by atoms with E-state index in [1.165, 1.54) is 25.2 Å². The van der Waals surface area contributed by atoms with E-state index in [0.29, 0.717) is 17.1 Å². The van der Waals surface area contributed by atoms with Gasteiger partial charge in [0.1, 0.15) is 11.6 Å². The predicted molar refractivity (Wildman–Crippen MR) is 81.7 cm³/mol. The Bertz CT molecular complexity index is 719. The molecule has 0 N–H and O–H groups in total. The molecule has 122 valence electrons. The Labute approximate surface area is 133 Å². The van der Waals surface area contributed by atoms with Crippen molar-refractivity contribution in [2.75, 3.05) is 21.3 Å². The van der Waals surface area contributed by atoms with Crippen molar-refractivity contribution >= 4 is 5.91 Å². The number of amides is 1. The molecule has 0 unspecified atom stereocenters. The first-order valence-corrected chi connectivity index (χ1v) is 6.87. The van der Waals surface area contributed by atoms with Crippen LogP contribution in [0.2, 0.25) is 0 Å². The molecule has 4 nitrogen and oxygen atoms in total. The third-order valence-electron chi connectivity index (χ3n) is 3.40. The highest BCUT2D eigenvalue weighted by Crippen LogP contribution is 2.28. The lowest BCUT2D eigenvalue weighted by molar-refractivity contribution is 0.0783.